The van der Waals surface area contributed by atoms with Crippen LogP contribution < -0.4 is 4.74 Å². The van der Waals surface area contributed by atoms with Crippen LogP contribution in [0, 0.1) is 0 Å². The summed E-state index contributed by atoms with van der Waals surface area (Å²) >= 11 is 0. The highest BCUT2D eigenvalue weighted by molar-refractivity contribution is 5.84. The molecule has 1 amide bonds. The van der Waals surface area contributed by atoms with Crippen LogP contribution in [0.2, 0.25) is 0 Å². The highest BCUT2D eigenvalue weighted by atomic mass is 16.6. The molecule has 128 valence electrons. The Balaban J connectivity index is 1.81. The maximum absolute atomic E-state index is 12.1. The molecule has 2 heterocycles. The van der Waals surface area contributed by atoms with Gasteiger partial charge in [0.2, 0.25) is 5.88 Å². The summed E-state index contributed by atoms with van der Waals surface area (Å²) in [7, 11) is 1.60. The molecule has 0 saturated carbocycles. The van der Waals surface area contributed by atoms with Crippen molar-refractivity contribution in [3.05, 3.63) is 30.1 Å². The number of fused-ring (bicyclic) bond motifs is 1. The monoisotopic (exact) mass is 329 g/mol. The average Bonchev–Trinajstić information content (AvgIpc) is 2.48. The second kappa shape index (κ2) is 5.61. The normalized spacial score (nSPS) is 16.6. The minimum atomic E-state index is -0.475. The topological polar surface area (TPSA) is 64.6 Å². The van der Waals surface area contributed by atoms with Crippen molar-refractivity contribution < 1.29 is 14.3 Å². The maximum atomic E-state index is 12.1. The summed E-state index contributed by atoms with van der Waals surface area (Å²) < 4.78 is 10.7. The second-order valence-corrected chi connectivity index (χ2v) is 7.51. The van der Waals surface area contributed by atoms with Crippen LogP contribution in [0.5, 0.6) is 5.88 Å². The Labute approximate surface area is 141 Å². The van der Waals surface area contributed by atoms with E-state index in [1.165, 1.54) is 6.33 Å². The summed E-state index contributed by atoms with van der Waals surface area (Å²) in [5.74, 6) is 0.564. The van der Waals surface area contributed by atoms with Gasteiger partial charge >= 0.3 is 6.09 Å². The zero-order valence-electron chi connectivity index (χ0n) is 14.8. The first-order valence-electron chi connectivity index (χ1n) is 7.99. The Hall–Kier alpha value is -2.37. The van der Waals surface area contributed by atoms with Crippen LogP contribution in [0.25, 0.3) is 10.9 Å². The lowest BCUT2D eigenvalue weighted by Crippen LogP contribution is -2.60. The number of methoxy groups -OCH3 is 1. The van der Waals surface area contributed by atoms with Crippen LogP contribution in [0.15, 0.2) is 24.5 Å². The Morgan fingerprint density at radius 3 is 2.58 bits per heavy atom. The molecule has 2 aromatic rings. The number of carbonyl (C=O) groups excluding carboxylic acids is 1. The van der Waals surface area contributed by atoms with Crippen LogP contribution in [-0.4, -0.2) is 46.8 Å². The van der Waals surface area contributed by atoms with Crippen molar-refractivity contribution >= 4 is 17.0 Å². The van der Waals surface area contributed by atoms with Crippen LogP contribution in [0.3, 0.4) is 0 Å². The highest BCUT2D eigenvalue weighted by Crippen LogP contribution is 2.37. The summed E-state index contributed by atoms with van der Waals surface area (Å²) in [4.78, 5) is 22.3. The lowest BCUT2D eigenvalue weighted by molar-refractivity contribution is -0.00648. The number of ether oxygens (including phenoxy) is 2. The van der Waals surface area contributed by atoms with E-state index in [2.05, 4.69) is 29.0 Å². The SMILES string of the molecule is COc1ncnc2ccc(C3(C)CN(C(=O)OC(C)(C)C)C3)cc12. The Morgan fingerprint density at radius 2 is 1.96 bits per heavy atom. The summed E-state index contributed by atoms with van der Waals surface area (Å²) in [5, 5.41) is 0.884. The van der Waals surface area contributed by atoms with E-state index in [-0.39, 0.29) is 11.5 Å². The summed E-state index contributed by atoms with van der Waals surface area (Å²) in [6, 6.07) is 6.08. The van der Waals surface area contributed by atoms with Crippen molar-refractivity contribution in [2.45, 2.75) is 38.7 Å². The molecular formula is C18H23N3O3. The van der Waals surface area contributed by atoms with Gasteiger partial charge in [0.25, 0.3) is 0 Å². The third kappa shape index (κ3) is 3.00. The number of likely N-dealkylation sites (tertiary alicyclic amines) is 1. The van der Waals surface area contributed by atoms with Crippen molar-refractivity contribution in [3.8, 4) is 5.88 Å². The summed E-state index contributed by atoms with van der Waals surface area (Å²) in [5.41, 5.74) is 1.41. The van der Waals surface area contributed by atoms with E-state index >= 15 is 0 Å². The molecule has 0 bridgehead atoms. The molecule has 0 N–H and O–H groups in total. The maximum Gasteiger partial charge on any atom is 0.410 e. The molecule has 6 heteroatoms. The first-order chi connectivity index (χ1) is 11.2. The lowest BCUT2D eigenvalue weighted by atomic mass is 9.75. The second-order valence-electron chi connectivity index (χ2n) is 7.51. The van der Waals surface area contributed by atoms with Gasteiger partial charge in [0.1, 0.15) is 11.9 Å². The van der Waals surface area contributed by atoms with E-state index in [4.69, 9.17) is 9.47 Å². The number of nitrogens with zero attached hydrogens (tertiary/aromatic N) is 3. The van der Waals surface area contributed by atoms with E-state index in [0.29, 0.717) is 19.0 Å². The molecule has 1 aromatic carbocycles. The molecule has 3 rings (SSSR count). The zero-order chi connectivity index (χ0) is 17.5. The van der Waals surface area contributed by atoms with Gasteiger partial charge in [-0.2, -0.15) is 0 Å². The number of benzene rings is 1. The molecule has 1 aliphatic rings. The highest BCUT2D eigenvalue weighted by Gasteiger charge is 2.44. The van der Waals surface area contributed by atoms with Gasteiger partial charge in [-0.05, 0) is 38.5 Å². The minimum absolute atomic E-state index is 0.105. The molecule has 0 radical (unpaired) electrons. The molecule has 0 aliphatic carbocycles. The smallest absolute Gasteiger partial charge is 0.410 e. The molecule has 1 fully saturated rings. The first-order valence-corrected chi connectivity index (χ1v) is 7.99. The molecule has 0 unspecified atom stereocenters. The minimum Gasteiger partial charge on any atom is -0.480 e. The molecule has 24 heavy (non-hydrogen) atoms. The standard InChI is InChI=1S/C18H23N3O3/c1-17(2,3)24-16(22)21-9-18(4,10-21)12-6-7-14-13(8-12)15(23-5)20-11-19-14/h6-8,11H,9-10H2,1-5H3. The van der Waals surface area contributed by atoms with E-state index in [1.54, 1.807) is 12.0 Å². The van der Waals surface area contributed by atoms with Crippen molar-refractivity contribution in [2.75, 3.05) is 20.2 Å². The van der Waals surface area contributed by atoms with E-state index in [1.807, 2.05) is 26.8 Å². The quantitative estimate of drug-likeness (QED) is 0.847. The van der Waals surface area contributed by atoms with Gasteiger partial charge in [0.05, 0.1) is 18.0 Å². The van der Waals surface area contributed by atoms with Gasteiger partial charge in [-0.3, -0.25) is 0 Å². The average molecular weight is 329 g/mol. The first kappa shape index (κ1) is 16.5. The van der Waals surface area contributed by atoms with Gasteiger partial charge in [0.15, 0.2) is 0 Å². The number of aromatic nitrogens is 2. The van der Waals surface area contributed by atoms with Gasteiger partial charge in [-0.25, -0.2) is 14.8 Å². The van der Waals surface area contributed by atoms with Crippen LogP contribution in [0.4, 0.5) is 4.79 Å². The third-order valence-corrected chi connectivity index (χ3v) is 4.22. The number of amides is 1. The van der Waals surface area contributed by atoms with Crippen molar-refractivity contribution in [1.82, 2.24) is 14.9 Å². The largest absolute Gasteiger partial charge is 0.480 e. The van der Waals surface area contributed by atoms with Gasteiger partial charge in [-0.15, -0.1) is 0 Å². The Bertz CT molecular complexity index is 777. The zero-order valence-corrected chi connectivity index (χ0v) is 14.8. The number of hydrogen-bond acceptors (Lipinski definition) is 5. The summed E-state index contributed by atoms with van der Waals surface area (Å²) in [6.07, 6.45) is 1.23. The molecule has 0 spiro atoms. The fourth-order valence-corrected chi connectivity index (χ4v) is 3.01. The predicted octanol–water partition coefficient (Wildman–Crippen LogP) is 3.15. The van der Waals surface area contributed by atoms with Gasteiger partial charge < -0.3 is 14.4 Å². The van der Waals surface area contributed by atoms with Crippen LogP contribution in [0.1, 0.15) is 33.3 Å². The number of hydrogen-bond donors (Lipinski definition) is 0. The molecule has 1 saturated heterocycles. The molecule has 1 aromatic heterocycles. The molecule has 6 nitrogen and oxygen atoms in total. The van der Waals surface area contributed by atoms with Crippen molar-refractivity contribution in [1.29, 1.82) is 0 Å². The van der Waals surface area contributed by atoms with Crippen LogP contribution in [-0.2, 0) is 10.2 Å². The third-order valence-electron chi connectivity index (χ3n) is 4.22. The molecule has 0 atom stereocenters. The van der Waals surface area contributed by atoms with Crippen molar-refractivity contribution in [3.63, 3.8) is 0 Å². The van der Waals surface area contributed by atoms with E-state index in [0.717, 1.165) is 16.5 Å². The Morgan fingerprint density at radius 1 is 1.25 bits per heavy atom. The lowest BCUT2D eigenvalue weighted by Gasteiger charge is -2.48. The van der Waals surface area contributed by atoms with E-state index < -0.39 is 5.60 Å². The van der Waals surface area contributed by atoms with E-state index in [9.17, 15) is 4.79 Å². The number of carbonyl (C=O) groups is 1. The van der Waals surface area contributed by atoms with Crippen molar-refractivity contribution in [2.24, 2.45) is 0 Å². The fourth-order valence-electron chi connectivity index (χ4n) is 3.01. The summed E-state index contributed by atoms with van der Waals surface area (Å²) in [6.45, 7) is 9.02. The predicted molar refractivity (Wildman–Crippen MR) is 91.2 cm³/mol. The molecular weight excluding hydrogens is 306 g/mol. The molecule has 1 aliphatic heterocycles. The van der Waals surface area contributed by atoms with Crippen LogP contribution >= 0.6 is 0 Å². The Kier molecular flexibility index (Phi) is 3.86. The van der Waals surface area contributed by atoms with Gasteiger partial charge in [0, 0.05) is 18.5 Å². The van der Waals surface area contributed by atoms with Gasteiger partial charge in [-0.1, -0.05) is 13.0 Å². The number of rotatable bonds is 2. The fraction of sp³-hybridized carbons (Fsp3) is 0.500.